The van der Waals surface area contributed by atoms with Gasteiger partial charge in [0.25, 0.3) is 0 Å². The van der Waals surface area contributed by atoms with E-state index in [2.05, 4.69) is 26.3 Å². The van der Waals surface area contributed by atoms with Crippen molar-refractivity contribution in [3.63, 3.8) is 0 Å². The molecule has 0 spiro atoms. The Kier molecular flexibility index (Phi) is 4.94. The van der Waals surface area contributed by atoms with Crippen LogP contribution < -0.4 is 5.69 Å². The number of para-hydroxylation sites is 1. The maximum atomic E-state index is 12.5. The Bertz CT molecular complexity index is 947. The molecule has 1 aromatic carbocycles. The van der Waals surface area contributed by atoms with Crippen LogP contribution in [0, 0.1) is 12.8 Å². The Morgan fingerprint density at radius 2 is 1.93 bits per heavy atom. The van der Waals surface area contributed by atoms with Gasteiger partial charge < -0.3 is 0 Å². The maximum absolute atomic E-state index is 12.5. The van der Waals surface area contributed by atoms with Crippen molar-refractivity contribution in [1.82, 2.24) is 29.4 Å². The van der Waals surface area contributed by atoms with Crippen LogP contribution in [0.5, 0.6) is 0 Å². The zero-order valence-corrected chi connectivity index (χ0v) is 15.9. The lowest BCUT2D eigenvalue weighted by molar-refractivity contribution is 0.174. The molecule has 27 heavy (non-hydrogen) atoms. The fourth-order valence-electron chi connectivity index (χ4n) is 3.88. The van der Waals surface area contributed by atoms with Crippen molar-refractivity contribution in [1.29, 1.82) is 0 Å². The van der Waals surface area contributed by atoms with Gasteiger partial charge in [0.2, 0.25) is 0 Å². The number of benzene rings is 1. The molecule has 7 heteroatoms. The van der Waals surface area contributed by atoms with Gasteiger partial charge in [-0.05, 0) is 57.0 Å². The number of rotatable bonds is 5. The van der Waals surface area contributed by atoms with Crippen LogP contribution in [0.2, 0.25) is 0 Å². The van der Waals surface area contributed by atoms with Gasteiger partial charge in [0.1, 0.15) is 5.82 Å². The van der Waals surface area contributed by atoms with Crippen molar-refractivity contribution >= 4 is 0 Å². The van der Waals surface area contributed by atoms with Crippen LogP contribution >= 0.6 is 0 Å². The second-order valence-electron chi connectivity index (χ2n) is 7.46. The minimum atomic E-state index is -0.0810. The molecule has 0 bridgehead atoms. The molecule has 142 valence electrons. The Balaban J connectivity index is 1.42. The number of nitrogens with one attached hydrogen (secondary N) is 1. The minimum absolute atomic E-state index is 0.0810. The van der Waals surface area contributed by atoms with E-state index < -0.39 is 0 Å². The van der Waals surface area contributed by atoms with Gasteiger partial charge in [0.15, 0.2) is 0 Å². The molecule has 4 rings (SSSR count). The molecule has 0 radical (unpaired) electrons. The standard InChI is InChI=1S/C20H26N6O/c1-15-12-17(22-21-15)14-25-10-8-16(9-11-25)13-19-23-24(2)20(27)26(19)18-6-4-3-5-7-18/h3-7,12,16H,8-11,13-14H2,1-2H3,(H,21,22). The second-order valence-corrected chi connectivity index (χ2v) is 7.46. The third-order valence-electron chi connectivity index (χ3n) is 5.33. The predicted molar refractivity (Wildman–Crippen MR) is 104 cm³/mol. The second kappa shape index (κ2) is 7.52. The lowest BCUT2D eigenvalue weighted by Gasteiger charge is -2.31. The van der Waals surface area contributed by atoms with E-state index in [0.29, 0.717) is 5.92 Å². The number of aromatic amines is 1. The van der Waals surface area contributed by atoms with Crippen molar-refractivity contribution in [3.8, 4) is 5.69 Å². The van der Waals surface area contributed by atoms with Gasteiger partial charge in [-0.2, -0.15) is 10.2 Å². The predicted octanol–water partition coefficient (Wildman–Crippen LogP) is 2.06. The molecule has 2 aromatic heterocycles. The van der Waals surface area contributed by atoms with Gasteiger partial charge in [-0.1, -0.05) is 18.2 Å². The first-order valence-electron chi connectivity index (χ1n) is 9.54. The molecule has 1 N–H and O–H groups in total. The van der Waals surface area contributed by atoms with E-state index in [4.69, 9.17) is 0 Å². The summed E-state index contributed by atoms with van der Waals surface area (Å²) in [4.78, 5) is 15.0. The molecule has 1 saturated heterocycles. The van der Waals surface area contributed by atoms with Gasteiger partial charge in [-0.15, -0.1) is 0 Å². The van der Waals surface area contributed by atoms with Crippen LogP contribution in [0.25, 0.3) is 5.69 Å². The number of H-pyrrole nitrogens is 1. The van der Waals surface area contributed by atoms with E-state index in [-0.39, 0.29) is 5.69 Å². The highest BCUT2D eigenvalue weighted by molar-refractivity contribution is 5.32. The Hall–Kier alpha value is -2.67. The average Bonchev–Trinajstić information content (AvgIpc) is 3.20. The summed E-state index contributed by atoms with van der Waals surface area (Å²) in [6.07, 6.45) is 3.06. The zero-order valence-electron chi connectivity index (χ0n) is 15.9. The van der Waals surface area contributed by atoms with Gasteiger partial charge in [0.05, 0.1) is 11.4 Å². The summed E-state index contributed by atoms with van der Waals surface area (Å²) in [6, 6.07) is 11.9. The first-order chi connectivity index (χ1) is 13.1. The van der Waals surface area contributed by atoms with Crippen molar-refractivity contribution in [2.24, 2.45) is 13.0 Å². The van der Waals surface area contributed by atoms with Crippen LogP contribution in [0.15, 0.2) is 41.2 Å². The highest BCUT2D eigenvalue weighted by Gasteiger charge is 2.23. The Morgan fingerprint density at radius 3 is 2.59 bits per heavy atom. The van der Waals surface area contributed by atoms with E-state index in [0.717, 1.165) is 61.8 Å². The highest BCUT2D eigenvalue weighted by Crippen LogP contribution is 2.22. The summed E-state index contributed by atoms with van der Waals surface area (Å²) in [7, 11) is 1.72. The molecule has 1 aliphatic rings. The highest BCUT2D eigenvalue weighted by atomic mass is 16.2. The van der Waals surface area contributed by atoms with E-state index in [1.807, 2.05) is 37.3 Å². The zero-order chi connectivity index (χ0) is 18.8. The molecule has 3 heterocycles. The number of likely N-dealkylation sites (tertiary alicyclic amines) is 1. The molecular weight excluding hydrogens is 340 g/mol. The fourth-order valence-corrected chi connectivity index (χ4v) is 3.88. The van der Waals surface area contributed by atoms with Crippen LogP contribution in [-0.4, -0.2) is 42.5 Å². The quantitative estimate of drug-likeness (QED) is 0.750. The Morgan fingerprint density at radius 1 is 1.19 bits per heavy atom. The molecule has 0 unspecified atom stereocenters. The normalized spacial score (nSPS) is 16.1. The first kappa shape index (κ1) is 17.7. The van der Waals surface area contributed by atoms with E-state index in [9.17, 15) is 4.79 Å². The topological polar surface area (TPSA) is 71.7 Å². The summed E-state index contributed by atoms with van der Waals surface area (Å²) in [5.41, 5.74) is 3.02. The molecule has 0 amide bonds. The smallest absolute Gasteiger partial charge is 0.297 e. The summed E-state index contributed by atoms with van der Waals surface area (Å²) >= 11 is 0. The number of aryl methyl sites for hydroxylation is 2. The van der Waals surface area contributed by atoms with Gasteiger partial charge in [0, 0.05) is 25.7 Å². The molecule has 3 aromatic rings. The molecule has 7 nitrogen and oxygen atoms in total. The van der Waals surface area contributed by atoms with Crippen LogP contribution in [-0.2, 0) is 20.0 Å². The number of piperidine rings is 1. The van der Waals surface area contributed by atoms with Crippen molar-refractivity contribution < 1.29 is 0 Å². The van der Waals surface area contributed by atoms with Crippen LogP contribution in [0.3, 0.4) is 0 Å². The molecule has 1 aliphatic heterocycles. The summed E-state index contributed by atoms with van der Waals surface area (Å²) in [6.45, 7) is 5.04. The lowest BCUT2D eigenvalue weighted by Crippen LogP contribution is -2.34. The van der Waals surface area contributed by atoms with Gasteiger partial charge in [-0.25, -0.2) is 14.0 Å². The summed E-state index contributed by atoms with van der Waals surface area (Å²) in [5, 5.41) is 11.9. The monoisotopic (exact) mass is 366 g/mol. The third kappa shape index (κ3) is 3.88. The number of nitrogens with zero attached hydrogens (tertiary/aromatic N) is 5. The minimum Gasteiger partial charge on any atom is -0.297 e. The summed E-state index contributed by atoms with van der Waals surface area (Å²) < 4.78 is 3.19. The lowest BCUT2D eigenvalue weighted by atomic mass is 9.93. The maximum Gasteiger partial charge on any atom is 0.350 e. The summed E-state index contributed by atoms with van der Waals surface area (Å²) in [5.74, 6) is 1.40. The Labute approximate surface area is 158 Å². The third-order valence-corrected chi connectivity index (χ3v) is 5.33. The first-order valence-corrected chi connectivity index (χ1v) is 9.54. The molecule has 0 atom stereocenters. The molecular formula is C20H26N6O. The van der Waals surface area contributed by atoms with Crippen molar-refractivity contribution in [2.75, 3.05) is 13.1 Å². The average molecular weight is 366 g/mol. The van der Waals surface area contributed by atoms with Crippen LogP contribution in [0.4, 0.5) is 0 Å². The molecule has 0 saturated carbocycles. The van der Waals surface area contributed by atoms with Crippen molar-refractivity contribution in [2.45, 2.75) is 32.7 Å². The SMILES string of the molecule is Cc1cc(CN2CCC(Cc3nn(C)c(=O)n3-c3ccccc3)CC2)n[nH]1. The molecule has 0 aliphatic carbocycles. The van der Waals surface area contributed by atoms with Gasteiger partial charge >= 0.3 is 5.69 Å². The molecule has 1 fully saturated rings. The number of hydrogen-bond donors (Lipinski definition) is 1. The van der Waals surface area contributed by atoms with E-state index in [1.165, 1.54) is 4.68 Å². The van der Waals surface area contributed by atoms with Gasteiger partial charge in [-0.3, -0.25) is 10.00 Å². The van der Waals surface area contributed by atoms with E-state index in [1.54, 1.807) is 11.6 Å². The number of hydrogen-bond acceptors (Lipinski definition) is 4. The fraction of sp³-hybridized carbons (Fsp3) is 0.450. The number of aromatic nitrogens is 5. The van der Waals surface area contributed by atoms with Crippen molar-refractivity contribution in [3.05, 3.63) is 64.1 Å². The largest absolute Gasteiger partial charge is 0.350 e. The van der Waals surface area contributed by atoms with E-state index >= 15 is 0 Å². The van der Waals surface area contributed by atoms with Crippen LogP contribution in [0.1, 0.15) is 30.1 Å².